The number of hydrogen-bond acceptors (Lipinski definition) is 6. The summed E-state index contributed by atoms with van der Waals surface area (Å²) in [5.41, 5.74) is 0. The summed E-state index contributed by atoms with van der Waals surface area (Å²) in [5.74, 6) is -0.738. The van der Waals surface area contributed by atoms with Crippen LogP contribution in [0.15, 0.2) is 36.5 Å². The van der Waals surface area contributed by atoms with Gasteiger partial charge in [-0.2, -0.15) is 0 Å². The smallest absolute Gasteiger partial charge is 0.224 e. The highest BCUT2D eigenvalue weighted by Gasteiger charge is 2.39. The lowest BCUT2D eigenvalue weighted by atomic mass is 9.89. The molecule has 7 nitrogen and oxygen atoms in total. The molecule has 1 fully saturated rings. The fourth-order valence-corrected chi connectivity index (χ4v) is 5.73. The van der Waals surface area contributed by atoms with E-state index in [0.717, 1.165) is 32.1 Å². The van der Waals surface area contributed by atoms with Crippen LogP contribution in [-0.2, 0) is 4.79 Å². The van der Waals surface area contributed by atoms with E-state index in [2.05, 4.69) is 19.2 Å². The third-order valence-corrected chi connectivity index (χ3v) is 8.47. The minimum atomic E-state index is -0.953. The van der Waals surface area contributed by atoms with Crippen LogP contribution in [0, 0.1) is 11.8 Å². The lowest BCUT2D eigenvalue weighted by Crippen LogP contribution is -2.44. The number of nitrogens with one attached hydrogen (secondary N) is 1. The zero-order valence-electron chi connectivity index (χ0n) is 26.6. The number of allylic oxidation sites excluding steroid dienone is 2. The van der Waals surface area contributed by atoms with Gasteiger partial charge in [-0.25, -0.2) is 0 Å². The second-order valence-corrected chi connectivity index (χ2v) is 12.2. The number of hydrogen-bond donors (Lipinski definition) is 6. The zero-order chi connectivity index (χ0) is 31.0. The molecule has 244 valence electrons. The minimum absolute atomic E-state index is 0.0908. The van der Waals surface area contributed by atoms with Gasteiger partial charge in [-0.15, -0.1) is 0 Å². The van der Waals surface area contributed by atoms with Crippen molar-refractivity contribution in [3.8, 4) is 0 Å². The second kappa shape index (κ2) is 24.9. The summed E-state index contributed by atoms with van der Waals surface area (Å²) < 4.78 is 0. The van der Waals surface area contributed by atoms with Crippen molar-refractivity contribution in [1.29, 1.82) is 0 Å². The summed E-state index contributed by atoms with van der Waals surface area (Å²) in [7, 11) is 0. The molecule has 0 aromatic rings. The van der Waals surface area contributed by atoms with E-state index in [1.165, 1.54) is 57.8 Å². The summed E-state index contributed by atoms with van der Waals surface area (Å²) in [4.78, 5) is 12.4. The van der Waals surface area contributed by atoms with Gasteiger partial charge in [-0.3, -0.25) is 4.79 Å². The Bertz CT molecular complexity index is 754. The van der Waals surface area contributed by atoms with Gasteiger partial charge in [0.05, 0.1) is 37.1 Å². The molecule has 7 atom stereocenters. The molecule has 42 heavy (non-hydrogen) atoms. The van der Waals surface area contributed by atoms with Crippen LogP contribution in [-0.4, -0.2) is 68.5 Å². The van der Waals surface area contributed by atoms with Gasteiger partial charge in [-0.1, -0.05) is 127 Å². The lowest BCUT2D eigenvalue weighted by molar-refractivity contribution is -0.122. The Morgan fingerprint density at radius 3 is 2.07 bits per heavy atom. The minimum Gasteiger partial charge on any atom is -0.394 e. The number of rotatable bonds is 25. The first-order chi connectivity index (χ1) is 20.3. The third-order valence-electron chi connectivity index (χ3n) is 8.47. The molecule has 0 unspecified atom stereocenters. The van der Waals surface area contributed by atoms with Crippen molar-refractivity contribution in [1.82, 2.24) is 5.32 Å². The maximum absolute atomic E-state index is 12.4. The fraction of sp³-hybridized carbons (Fsp3) is 0.800. The molecular formula is C35H63NO6. The van der Waals surface area contributed by atoms with Crippen molar-refractivity contribution in [2.24, 2.45) is 11.8 Å². The molecule has 1 rings (SSSR count). The van der Waals surface area contributed by atoms with Crippen molar-refractivity contribution < 1.29 is 30.3 Å². The van der Waals surface area contributed by atoms with Crippen LogP contribution in [0.4, 0.5) is 0 Å². The number of amides is 1. The highest BCUT2D eigenvalue weighted by molar-refractivity contribution is 5.77. The summed E-state index contributed by atoms with van der Waals surface area (Å²) in [6.45, 7) is 4.00. The molecule has 0 heterocycles. The monoisotopic (exact) mass is 593 g/mol. The van der Waals surface area contributed by atoms with Crippen LogP contribution < -0.4 is 5.32 Å². The predicted octanol–water partition coefficient (Wildman–Crippen LogP) is 5.88. The first-order valence-electron chi connectivity index (χ1n) is 17.0. The van der Waals surface area contributed by atoms with Crippen LogP contribution in [0.1, 0.15) is 129 Å². The van der Waals surface area contributed by atoms with E-state index in [0.29, 0.717) is 19.3 Å². The van der Waals surface area contributed by atoms with Crippen molar-refractivity contribution in [3.05, 3.63) is 36.5 Å². The number of unbranched alkanes of at least 4 members (excludes halogenated alkanes) is 12. The van der Waals surface area contributed by atoms with Crippen LogP contribution in [0.25, 0.3) is 0 Å². The van der Waals surface area contributed by atoms with E-state index in [1.807, 2.05) is 18.2 Å². The third kappa shape index (κ3) is 17.6. The molecule has 1 aliphatic rings. The summed E-state index contributed by atoms with van der Waals surface area (Å²) >= 11 is 0. The molecule has 0 aromatic carbocycles. The molecule has 1 amide bonds. The Kier molecular flexibility index (Phi) is 22.8. The van der Waals surface area contributed by atoms with E-state index in [-0.39, 0.29) is 30.8 Å². The molecule has 0 aromatic heterocycles. The van der Waals surface area contributed by atoms with Crippen LogP contribution in [0.3, 0.4) is 0 Å². The normalized spacial score (nSPS) is 23.3. The van der Waals surface area contributed by atoms with Gasteiger partial charge in [0, 0.05) is 18.8 Å². The Morgan fingerprint density at radius 1 is 0.810 bits per heavy atom. The van der Waals surface area contributed by atoms with E-state index in [4.69, 9.17) is 0 Å². The highest BCUT2D eigenvalue weighted by atomic mass is 16.3. The molecule has 1 aliphatic carbocycles. The Balaban J connectivity index is 2.33. The Labute approximate surface area is 256 Å². The highest BCUT2D eigenvalue weighted by Crippen LogP contribution is 2.36. The van der Waals surface area contributed by atoms with E-state index >= 15 is 0 Å². The van der Waals surface area contributed by atoms with Crippen molar-refractivity contribution in [2.45, 2.75) is 160 Å². The molecule has 7 heteroatoms. The quantitative estimate of drug-likeness (QED) is 0.0579. The van der Waals surface area contributed by atoms with E-state index in [9.17, 15) is 30.3 Å². The topological polar surface area (TPSA) is 130 Å². The van der Waals surface area contributed by atoms with Gasteiger partial charge in [0.1, 0.15) is 0 Å². The van der Waals surface area contributed by atoms with Crippen molar-refractivity contribution >= 4 is 5.91 Å². The molecule has 0 saturated heterocycles. The summed E-state index contributed by atoms with van der Waals surface area (Å²) in [5, 5.41) is 53.8. The molecular weight excluding hydrogens is 530 g/mol. The van der Waals surface area contributed by atoms with Gasteiger partial charge < -0.3 is 30.8 Å². The molecule has 0 bridgehead atoms. The van der Waals surface area contributed by atoms with Crippen LogP contribution in [0.2, 0.25) is 0 Å². The Hall–Kier alpha value is -1.51. The first-order valence-corrected chi connectivity index (χ1v) is 17.0. The molecule has 1 saturated carbocycles. The van der Waals surface area contributed by atoms with Gasteiger partial charge in [0.15, 0.2) is 0 Å². The number of carbonyl (C=O) groups is 1. The Morgan fingerprint density at radius 2 is 1.43 bits per heavy atom. The van der Waals surface area contributed by atoms with Crippen molar-refractivity contribution in [3.63, 3.8) is 0 Å². The summed E-state index contributed by atoms with van der Waals surface area (Å²) in [6.07, 6.45) is 26.3. The van der Waals surface area contributed by atoms with E-state index in [1.54, 1.807) is 18.2 Å². The maximum atomic E-state index is 12.4. The van der Waals surface area contributed by atoms with Gasteiger partial charge in [0.25, 0.3) is 0 Å². The van der Waals surface area contributed by atoms with Gasteiger partial charge in [0.2, 0.25) is 5.91 Å². The second-order valence-electron chi connectivity index (χ2n) is 12.2. The largest absolute Gasteiger partial charge is 0.394 e. The summed E-state index contributed by atoms with van der Waals surface area (Å²) in [6, 6.07) is -0.764. The number of aliphatic hydroxyl groups is 5. The maximum Gasteiger partial charge on any atom is 0.224 e. The number of aliphatic hydroxyl groups excluding tert-OH is 5. The molecule has 0 spiro atoms. The van der Waals surface area contributed by atoms with Crippen molar-refractivity contribution in [2.75, 3.05) is 6.61 Å². The SMILES string of the molecule is CCCCCCCCCCCC/C=C/[C@@H](O)[C@H](CO)NC(=O)C/C=C\C[C@H]1[C@@H](/C=C/[C@H](O)CCCCC)[C@H](O)C[C@@H]1O. The molecule has 0 aliphatic heterocycles. The van der Waals surface area contributed by atoms with E-state index < -0.39 is 30.5 Å². The zero-order valence-corrected chi connectivity index (χ0v) is 26.6. The predicted molar refractivity (Wildman–Crippen MR) is 172 cm³/mol. The van der Waals surface area contributed by atoms with Crippen LogP contribution in [0.5, 0.6) is 0 Å². The first kappa shape index (κ1) is 38.5. The van der Waals surface area contributed by atoms with Crippen LogP contribution >= 0.6 is 0 Å². The molecule has 6 N–H and O–H groups in total. The average molecular weight is 594 g/mol. The average Bonchev–Trinajstić information content (AvgIpc) is 3.24. The lowest BCUT2D eigenvalue weighted by Gasteiger charge is -2.20. The standard InChI is InChI=1S/C35H63NO6/c1-3-5-7-8-9-10-11-12-13-14-15-17-22-32(39)31(27-37)36-35(42)23-19-18-21-29-30(34(41)26-33(29)40)25-24-28(38)20-16-6-4-2/h17-19,22,24-25,28-34,37-41H,3-16,20-21,23,26-27H2,1-2H3,(H,36,42)/b19-18-,22-17+,25-24+/t28-,29+,30-,31+,32-,33+,34-/m1/s1. The molecule has 0 radical (unpaired) electrons. The number of carbonyl (C=O) groups excluding carboxylic acids is 1. The fourth-order valence-electron chi connectivity index (χ4n) is 5.73. The van der Waals surface area contributed by atoms with Gasteiger partial charge in [-0.05, 0) is 31.6 Å². The van der Waals surface area contributed by atoms with Gasteiger partial charge >= 0.3 is 0 Å².